The number of rotatable bonds is 8. The van der Waals surface area contributed by atoms with Crippen molar-refractivity contribution in [3.63, 3.8) is 0 Å². The molecule has 1 amide bonds. The maximum Gasteiger partial charge on any atom is 0.231 e. The largest absolute Gasteiger partial charge is 0.455 e. The summed E-state index contributed by atoms with van der Waals surface area (Å²) in [6, 6.07) is 30.6. The minimum Gasteiger partial charge on any atom is -0.455 e. The van der Waals surface area contributed by atoms with Gasteiger partial charge >= 0.3 is 0 Å². The van der Waals surface area contributed by atoms with Gasteiger partial charge in [0, 0.05) is 27.7 Å². The number of aromatic nitrogens is 3. The molecule has 0 radical (unpaired) electrons. The predicted molar refractivity (Wildman–Crippen MR) is 177 cm³/mol. The van der Waals surface area contributed by atoms with Gasteiger partial charge in [-0.05, 0) is 79.2 Å². The molecule has 3 aromatic heterocycles. The number of nitrogens with zero attached hydrogens (tertiary/aromatic N) is 3. The molecule has 44 heavy (non-hydrogen) atoms. The van der Waals surface area contributed by atoms with Crippen LogP contribution in [0.5, 0.6) is 0 Å². The zero-order chi connectivity index (χ0) is 30.2. The van der Waals surface area contributed by atoms with Crippen molar-refractivity contribution in [2.24, 2.45) is 5.73 Å². The number of benzene rings is 4. The summed E-state index contributed by atoms with van der Waals surface area (Å²) in [5.41, 5.74) is 12.1. The molecule has 4 N–H and O–H groups in total. The molecule has 0 aliphatic rings. The summed E-state index contributed by atoms with van der Waals surface area (Å²) in [6.45, 7) is 0.347. The van der Waals surface area contributed by atoms with E-state index in [1.807, 2.05) is 66.7 Å². The fourth-order valence-corrected chi connectivity index (χ4v) is 5.75. The lowest BCUT2D eigenvalue weighted by Gasteiger charge is -2.17. The van der Waals surface area contributed by atoms with Gasteiger partial charge in [-0.3, -0.25) is 4.79 Å². The number of amides is 1. The first-order valence-electron chi connectivity index (χ1n) is 14.1. The van der Waals surface area contributed by atoms with Gasteiger partial charge in [0.05, 0.1) is 33.4 Å². The summed E-state index contributed by atoms with van der Waals surface area (Å²) in [7, 11) is 0. The number of fused-ring (bicyclic) bond motifs is 4. The summed E-state index contributed by atoms with van der Waals surface area (Å²) in [5.74, 6) is -0.110. The summed E-state index contributed by atoms with van der Waals surface area (Å²) in [6.07, 6.45) is 2.20. The second-order valence-electron chi connectivity index (χ2n) is 10.4. The average molecular weight is 622 g/mol. The van der Waals surface area contributed by atoms with Crippen molar-refractivity contribution in [3.05, 3.63) is 119 Å². The van der Waals surface area contributed by atoms with Gasteiger partial charge in [-0.2, -0.15) is 5.10 Å². The SMILES string of the molecule is NCCC(C(=O)Nc1ccc(Nc2nc(-c3cccc4c3oc3ccccc34)cc3ccnn23)cc1)c1ccc(Cl)c(Cl)c1. The summed E-state index contributed by atoms with van der Waals surface area (Å²) in [4.78, 5) is 18.2. The van der Waals surface area contributed by atoms with Gasteiger partial charge in [0.2, 0.25) is 11.9 Å². The van der Waals surface area contributed by atoms with Crippen LogP contribution in [0.1, 0.15) is 17.9 Å². The molecule has 1 atom stereocenters. The monoisotopic (exact) mass is 620 g/mol. The maximum absolute atomic E-state index is 13.2. The predicted octanol–water partition coefficient (Wildman–Crippen LogP) is 8.42. The third-order valence-electron chi connectivity index (χ3n) is 7.59. The van der Waals surface area contributed by atoms with Gasteiger partial charge in [0.15, 0.2) is 0 Å². The molecule has 7 rings (SSSR count). The molecule has 0 spiro atoms. The molecule has 7 aromatic rings. The molecular weight excluding hydrogens is 595 g/mol. The molecule has 10 heteroatoms. The molecule has 0 saturated carbocycles. The highest BCUT2D eigenvalue weighted by Crippen LogP contribution is 2.36. The van der Waals surface area contributed by atoms with Crippen molar-refractivity contribution in [1.29, 1.82) is 0 Å². The lowest BCUT2D eigenvalue weighted by molar-refractivity contribution is -0.117. The van der Waals surface area contributed by atoms with Crippen LogP contribution in [0, 0.1) is 0 Å². The molecule has 0 bridgehead atoms. The van der Waals surface area contributed by atoms with E-state index in [2.05, 4.69) is 27.9 Å². The van der Waals surface area contributed by atoms with Crippen LogP contribution in [0.15, 0.2) is 108 Å². The van der Waals surface area contributed by atoms with Gasteiger partial charge < -0.3 is 20.8 Å². The molecule has 0 aliphatic heterocycles. The highest BCUT2D eigenvalue weighted by atomic mass is 35.5. The van der Waals surface area contributed by atoms with Crippen molar-refractivity contribution in [2.45, 2.75) is 12.3 Å². The van der Waals surface area contributed by atoms with Crippen LogP contribution in [-0.2, 0) is 4.79 Å². The Kier molecular flexibility index (Phi) is 7.39. The minimum atomic E-state index is -0.469. The number of carbonyl (C=O) groups excluding carboxylic acids is 1. The summed E-state index contributed by atoms with van der Waals surface area (Å²) in [5, 5.41) is 13.8. The first-order valence-corrected chi connectivity index (χ1v) is 14.8. The van der Waals surface area contributed by atoms with Crippen LogP contribution in [-0.4, -0.2) is 27.0 Å². The van der Waals surface area contributed by atoms with Crippen LogP contribution < -0.4 is 16.4 Å². The molecule has 1 unspecified atom stereocenters. The van der Waals surface area contributed by atoms with Crippen molar-refractivity contribution >= 4 is 73.9 Å². The van der Waals surface area contributed by atoms with E-state index in [-0.39, 0.29) is 5.91 Å². The van der Waals surface area contributed by atoms with E-state index >= 15 is 0 Å². The Morgan fingerprint density at radius 1 is 0.886 bits per heavy atom. The second kappa shape index (κ2) is 11.7. The number of hydrogen-bond donors (Lipinski definition) is 3. The number of halogens is 2. The first kappa shape index (κ1) is 27.9. The highest BCUT2D eigenvalue weighted by molar-refractivity contribution is 6.42. The quantitative estimate of drug-likeness (QED) is 0.157. The number of para-hydroxylation sites is 2. The fourth-order valence-electron chi connectivity index (χ4n) is 5.44. The van der Waals surface area contributed by atoms with Crippen molar-refractivity contribution in [1.82, 2.24) is 14.6 Å². The van der Waals surface area contributed by atoms with E-state index in [9.17, 15) is 4.79 Å². The highest BCUT2D eigenvalue weighted by Gasteiger charge is 2.21. The van der Waals surface area contributed by atoms with Crippen molar-refractivity contribution < 1.29 is 9.21 Å². The van der Waals surface area contributed by atoms with Gasteiger partial charge in [-0.25, -0.2) is 9.50 Å². The van der Waals surface area contributed by atoms with E-state index < -0.39 is 5.92 Å². The van der Waals surface area contributed by atoms with E-state index in [1.54, 1.807) is 28.9 Å². The normalized spacial score (nSPS) is 12.2. The third kappa shape index (κ3) is 5.24. The number of carbonyl (C=O) groups is 1. The zero-order valence-corrected chi connectivity index (χ0v) is 24.8. The van der Waals surface area contributed by atoms with Crippen LogP contribution in [0.25, 0.3) is 38.7 Å². The number of furan rings is 1. The molecular formula is C34H26Cl2N6O2. The summed E-state index contributed by atoms with van der Waals surface area (Å²) >= 11 is 12.3. The first-order chi connectivity index (χ1) is 21.5. The van der Waals surface area contributed by atoms with Crippen LogP contribution in [0.4, 0.5) is 17.3 Å². The Labute approximate surface area is 262 Å². The third-order valence-corrected chi connectivity index (χ3v) is 8.33. The zero-order valence-electron chi connectivity index (χ0n) is 23.3. The van der Waals surface area contributed by atoms with Crippen LogP contribution in [0.2, 0.25) is 10.0 Å². The number of nitrogens with two attached hydrogens (primary N) is 1. The summed E-state index contributed by atoms with van der Waals surface area (Å²) < 4.78 is 8.01. The maximum atomic E-state index is 13.2. The Balaban J connectivity index is 1.16. The molecule has 4 aromatic carbocycles. The van der Waals surface area contributed by atoms with Gasteiger partial charge in [0.1, 0.15) is 11.2 Å². The van der Waals surface area contributed by atoms with Crippen molar-refractivity contribution in [3.8, 4) is 11.3 Å². The molecule has 0 saturated heterocycles. The number of hydrogen-bond acceptors (Lipinski definition) is 6. The Morgan fingerprint density at radius 2 is 1.68 bits per heavy atom. The van der Waals surface area contributed by atoms with Crippen LogP contribution >= 0.6 is 23.2 Å². The molecule has 218 valence electrons. The number of nitrogens with one attached hydrogen (secondary N) is 2. The number of anilines is 3. The second-order valence-corrected chi connectivity index (χ2v) is 11.2. The lowest BCUT2D eigenvalue weighted by atomic mass is 9.94. The topological polar surface area (TPSA) is 110 Å². The average Bonchev–Trinajstić information content (AvgIpc) is 3.67. The Bertz CT molecular complexity index is 2160. The molecule has 8 nitrogen and oxygen atoms in total. The van der Waals surface area contributed by atoms with E-state index in [0.29, 0.717) is 34.6 Å². The Morgan fingerprint density at radius 3 is 2.50 bits per heavy atom. The van der Waals surface area contributed by atoms with E-state index in [1.165, 1.54) is 0 Å². The molecule has 3 heterocycles. The lowest BCUT2D eigenvalue weighted by Crippen LogP contribution is -2.23. The standard InChI is InChI=1S/C34H26Cl2N6O2/c35-28-13-8-20(18-29(28)36)24(14-16-37)33(43)39-21-9-11-22(12-10-21)40-34-41-30(19-23-15-17-38-42(23)34)27-6-3-5-26-25-4-1-2-7-31(25)44-32(26)27/h1-13,15,17-19,24H,14,16,37H2,(H,39,43)(H,40,41). The van der Waals surface area contributed by atoms with Gasteiger partial charge in [0.25, 0.3) is 0 Å². The van der Waals surface area contributed by atoms with Gasteiger partial charge in [-0.15, -0.1) is 0 Å². The van der Waals surface area contributed by atoms with Crippen LogP contribution in [0.3, 0.4) is 0 Å². The minimum absolute atomic E-state index is 0.179. The fraction of sp³-hybridized carbons (Fsp3) is 0.0882. The Hall–Kier alpha value is -4.89. The molecule has 0 aliphatic carbocycles. The van der Waals surface area contributed by atoms with E-state index in [4.69, 9.17) is 38.3 Å². The molecule has 0 fully saturated rings. The van der Waals surface area contributed by atoms with Gasteiger partial charge in [-0.1, -0.05) is 59.6 Å². The van der Waals surface area contributed by atoms with Crippen molar-refractivity contribution in [2.75, 3.05) is 17.2 Å². The van der Waals surface area contributed by atoms with E-state index in [0.717, 1.165) is 50.0 Å². The smallest absolute Gasteiger partial charge is 0.231 e.